The quantitative estimate of drug-likeness (QED) is 0.542. The topological polar surface area (TPSA) is 100 Å². The van der Waals surface area contributed by atoms with Crippen molar-refractivity contribution >= 4 is 34.6 Å². The number of aromatic nitrogens is 3. The summed E-state index contributed by atoms with van der Waals surface area (Å²) in [6, 6.07) is 5.68. The second-order valence-corrected chi connectivity index (χ2v) is 7.99. The van der Waals surface area contributed by atoms with Crippen LogP contribution in [0.1, 0.15) is 31.5 Å². The van der Waals surface area contributed by atoms with Crippen LogP contribution in [-0.4, -0.2) is 26.0 Å². The summed E-state index contributed by atoms with van der Waals surface area (Å²) >= 11 is 1.26. The average Bonchev–Trinajstić information content (AvgIpc) is 3.11. The Morgan fingerprint density at radius 3 is 2.43 bits per heavy atom. The highest BCUT2D eigenvalue weighted by atomic mass is 32.1. The zero-order valence-electron chi connectivity index (χ0n) is 16.2. The molecule has 0 bridgehead atoms. The zero-order chi connectivity index (χ0) is 22.1. The number of benzene rings is 1. The minimum atomic E-state index is -4.60. The predicted octanol–water partition coefficient (Wildman–Crippen LogP) is 4.55. The molecule has 0 aliphatic rings. The summed E-state index contributed by atoms with van der Waals surface area (Å²) < 4.78 is 38.7. The number of alkyl halides is 3. The van der Waals surface area contributed by atoms with Gasteiger partial charge in [-0.25, -0.2) is 15.0 Å². The van der Waals surface area contributed by atoms with Gasteiger partial charge in [0.2, 0.25) is 11.9 Å². The molecule has 0 aliphatic carbocycles. The summed E-state index contributed by atoms with van der Waals surface area (Å²) in [4.78, 5) is 23.7. The van der Waals surface area contributed by atoms with Crippen LogP contribution < -0.4 is 10.6 Å². The minimum absolute atomic E-state index is 0.239. The van der Waals surface area contributed by atoms with Crippen molar-refractivity contribution in [3.63, 3.8) is 0 Å². The Morgan fingerprint density at radius 1 is 1.13 bits per heavy atom. The van der Waals surface area contributed by atoms with E-state index >= 15 is 0 Å². The molecule has 0 atom stereocenters. The molecule has 0 unspecified atom stereocenters. The Hall–Kier alpha value is -3.05. The number of thiazole rings is 1. The third kappa shape index (κ3) is 5.30. The Balaban J connectivity index is 1.99. The Labute approximate surface area is 174 Å². The summed E-state index contributed by atoms with van der Waals surface area (Å²) in [5.74, 6) is -0.549. The minimum Gasteiger partial charge on any atom is -0.383 e. The highest BCUT2D eigenvalue weighted by Crippen LogP contribution is 2.35. The fourth-order valence-corrected chi connectivity index (χ4v) is 3.42. The van der Waals surface area contributed by atoms with Crippen LogP contribution in [0.15, 0.2) is 36.7 Å². The number of amides is 1. The van der Waals surface area contributed by atoms with E-state index in [9.17, 15) is 23.1 Å². The molecule has 0 fully saturated rings. The van der Waals surface area contributed by atoms with Crippen molar-refractivity contribution in [3.05, 3.63) is 47.4 Å². The van der Waals surface area contributed by atoms with Gasteiger partial charge in [0.1, 0.15) is 16.3 Å². The number of carbonyl (C=O) groups is 1. The maximum Gasteiger partial charge on any atom is 0.433 e. The lowest BCUT2D eigenvalue weighted by molar-refractivity contribution is -0.141. The highest BCUT2D eigenvalue weighted by Gasteiger charge is 2.32. The lowest BCUT2D eigenvalue weighted by atomic mass is 10.1. The molecule has 3 rings (SSSR count). The van der Waals surface area contributed by atoms with Crippen molar-refractivity contribution in [3.8, 4) is 10.4 Å². The van der Waals surface area contributed by atoms with E-state index in [0.29, 0.717) is 26.8 Å². The standard InChI is InChI=1S/C19H18F3N5O2S/c1-10(28)25-12-6-11(14-9-24-16(30-14)18(2,3)29)7-13(8-12)26-17-23-5-4-15(27-17)19(20,21)22/h4-9,29H,1-3H3,(H,25,28)(H,23,26,27). The van der Waals surface area contributed by atoms with Crippen molar-refractivity contribution in [1.29, 1.82) is 0 Å². The first-order valence-electron chi connectivity index (χ1n) is 8.71. The lowest BCUT2D eigenvalue weighted by Gasteiger charge is -2.13. The number of carbonyl (C=O) groups excluding carboxylic acids is 1. The third-order valence-corrected chi connectivity index (χ3v) is 5.13. The SMILES string of the molecule is CC(=O)Nc1cc(Nc2nccc(C(F)(F)F)n2)cc(-c2cnc(C(C)(C)O)s2)c1. The third-order valence-electron chi connectivity index (χ3n) is 3.77. The van der Waals surface area contributed by atoms with Gasteiger partial charge >= 0.3 is 6.18 Å². The van der Waals surface area contributed by atoms with Crippen molar-refractivity contribution in [2.45, 2.75) is 32.5 Å². The van der Waals surface area contributed by atoms with E-state index < -0.39 is 17.5 Å². The summed E-state index contributed by atoms with van der Waals surface area (Å²) in [6.45, 7) is 4.57. The van der Waals surface area contributed by atoms with Gasteiger partial charge in [-0.05, 0) is 43.7 Å². The number of nitrogens with zero attached hydrogens (tertiary/aromatic N) is 3. The lowest BCUT2D eigenvalue weighted by Crippen LogP contribution is -2.14. The van der Waals surface area contributed by atoms with E-state index in [4.69, 9.17) is 0 Å². The number of hydrogen-bond donors (Lipinski definition) is 3. The van der Waals surface area contributed by atoms with Crippen LogP contribution >= 0.6 is 11.3 Å². The average molecular weight is 437 g/mol. The first-order valence-corrected chi connectivity index (χ1v) is 9.52. The smallest absolute Gasteiger partial charge is 0.383 e. The fraction of sp³-hybridized carbons (Fsp3) is 0.263. The fourth-order valence-electron chi connectivity index (χ4n) is 2.51. The Morgan fingerprint density at radius 2 is 1.83 bits per heavy atom. The molecular formula is C19H18F3N5O2S. The number of halogens is 3. The van der Waals surface area contributed by atoms with Gasteiger partial charge in [-0.2, -0.15) is 13.2 Å². The Bertz CT molecular complexity index is 1080. The van der Waals surface area contributed by atoms with Crippen LogP contribution in [0.4, 0.5) is 30.5 Å². The normalized spacial score (nSPS) is 12.0. The molecule has 1 amide bonds. The number of aliphatic hydroxyl groups is 1. The largest absolute Gasteiger partial charge is 0.433 e. The van der Waals surface area contributed by atoms with Gasteiger partial charge in [0.25, 0.3) is 0 Å². The van der Waals surface area contributed by atoms with Gasteiger partial charge in [0, 0.05) is 30.7 Å². The van der Waals surface area contributed by atoms with Gasteiger partial charge in [-0.15, -0.1) is 11.3 Å². The molecule has 1 aromatic carbocycles. The number of hydrogen-bond acceptors (Lipinski definition) is 7. The van der Waals surface area contributed by atoms with Crippen molar-refractivity contribution in [1.82, 2.24) is 15.0 Å². The first-order chi connectivity index (χ1) is 13.9. The van der Waals surface area contributed by atoms with Crippen LogP contribution in [0, 0.1) is 0 Å². The number of rotatable bonds is 5. The summed E-state index contributed by atoms with van der Waals surface area (Å²) in [7, 11) is 0. The molecule has 158 valence electrons. The second kappa shape index (κ2) is 8.00. The van der Waals surface area contributed by atoms with Crippen LogP contribution in [0.2, 0.25) is 0 Å². The molecule has 0 spiro atoms. The number of nitrogens with one attached hydrogen (secondary N) is 2. The van der Waals surface area contributed by atoms with Crippen molar-refractivity contribution in [2.24, 2.45) is 0 Å². The van der Waals surface area contributed by atoms with Crippen LogP contribution in [0.5, 0.6) is 0 Å². The highest BCUT2D eigenvalue weighted by molar-refractivity contribution is 7.15. The summed E-state index contributed by atoms with van der Waals surface area (Å²) in [6.07, 6.45) is -2.01. The molecule has 7 nitrogen and oxygen atoms in total. The van der Waals surface area contributed by atoms with Crippen LogP contribution in [0.3, 0.4) is 0 Å². The van der Waals surface area contributed by atoms with Gasteiger partial charge < -0.3 is 15.7 Å². The molecule has 3 aromatic rings. The summed E-state index contributed by atoms with van der Waals surface area (Å²) in [5.41, 5.74) is -0.758. The second-order valence-electron chi connectivity index (χ2n) is 6.96. The molecule has 2 heterocycles. The van der Waals surface area contributed by atoms with E-state index in [1.165, 1.54) is 18.3 Å². The molecule has 30 heavy (non-hydrogen) atoms. The van der Waals surface area contributed by atoms with E-state index in [0.717, 1.165) is 12.3 Å². The molecule has 0 radical (unpaired) electrons. The monoisotopic (exact) mass is 437 g/mol. The predicted molar refractivity (Wildman–Crippen MR) is 107 cm³/mol. The molecule has 3 N–H and O–H groups in total. The molecule has 0 saturated carbocycles. The Kier molecular flexibility index (Phi) is 5.77. The van der Waals surface area contributed by atoms with E-state index in [1.54, 1.807) is 38.2 Å². The van der Waals surface area contributed by atoms with Gasteiger partial charge in [-0.1, -0.05) is 0 Å². The molecule has 0 saturated heterocycles. The molecule has 0 aliphatic heterocycles. The molecule has 11 heteroatoms. The molecular weight excluding hydrogens is 419 g/mol. The van der Waals surface area contributed by atoms with E-state index in [1.807, 2.05) is 0 Å². The number of anilines is 3. The van der Waals surface area contributed by atoms with E-state index in [2.05, 4.69) is 25.6 Å². The van der Waals surface area contributed by atoms with Crippen LogP contribution in [0.25, 0.3) is 10.4 Å². The first kappa shape index (κ1) is 21.7. The zero-order valence-corrected chi connectivity index (χ0v) is 17.0. The summed E-state index contributed by atoms with van der Waals surface area (Å²) in [5, 5.41) is 16.0. The van der Waals surface area contributed by atoms with Crippen molar-refractivity contribution < 1.29 is 23.1 Å². The van der Waals surface area contributed by atoms with Crippen molar-refractivity contribution in [2.75, 3.05) is 10.6 Å². The van der Waals surface area contributed by atoms with E-state index in [-0.39, 0.29) is 11.9 Å². The molecule has 2 aromatic heterocycles. The maximum atomic E-state index is 12.9. The van der Waals surface area contributed by atoms with Gasteiger partial charge in [-0.3, -0.25) is 4.79 Å². The van der Waals surface area contributed by atoms with Gasteiger partial charge in [0.05, 0.1) is 4.88 Å². The van der Waals surface area contributed by atoms with Crippen LogP contribution in [-0.2, 0) is 16.6 Å². The van der Waals surface area contributed by atoms with Gasteiger partial charge in [0.15, 0.2) is 0 Å². The maximum absolute atomic E-state index is 12.9.